The largest absolute Gasteiger partial charge is 0.421 e. The maximum atomic E-state index is 12.4. The van der Waals surface area contributed by atoms with Crippen molar-refractivity contribution in [2.75, 3.05) is 0 Å². The summed E-state index contributed by atoms with van der Waals surface area (Å²) in [7, 11) is -4.05. The summed E-state index contributed by atoms with van der Waals surface area (Å²) in [6.07, 6.45) is 0. The molecule has 0 aliphatic heterocycles. The Kier molecular flexibility index (Phi) is 4.87. The molecule has 2 rings (SSSR count). The molecule has 0 aliphatic carbocycles. The first-order chi connectivity index (χ1) is 10.7. The molecule has 2 aromatic rings. The molecule has 2 aromatic carbocycles. The number of carbonyl (C=O) groups excluding carboxylic acids is 1. The second kappa shape index (κ2) is 6.52. The Morgan fingerprint density at radius 3 is 2.09 bits per heavy atom. The molecule has 0 heterocycles. The number of carbonyl (C=O) groups is 1. The van der Waals surface area contributed by atoms with Gasteiger partial charge in [-0.15, -0.1) is 0 Å². The summed E-state index contributed by atoms with van der Waals surface area (Å²) in [5.74, 6) is -0.699. The van der Waals surface area contributed by atoms with Crippen molar-refractivity contribution in [2.45, 2.75) is 31.3 Å². The fraction of sp³-hybridized carbons (Fsp3) is 0.235. The number of para-hydroxylation sites is 1. The van der Waals surface area contributed by atoms with Crippen molar-refractivity contribution >= 4 is 16.1 Å². The molecule has 5 nitrogen and oxygen atoms in total. The van der Waals surface area contributed by atoms with Crippen LogP contribution in [-0.4, -0.2) is 20.0 Å². The predicted molar refractivity (Wildman–Crippen MR) is 85.9 cm³/mol. The van der Waals surface area contributed by atoms with Gasteiger partial charge in [0.05, 0.1) is 11.2 Å². The van der Waals surface area contributed by atoms with Gasteiger partial charge in [-0.1, -0.05) is 30.3 Å². The van der Waals surface area contributed by atoms with Gasteiger partial charge in [0.25, 0.3) is 0 Å². The van der Waals surface area contributed by atoms with Crippen molar-refractivity contribution in [2.24, 2.45) is 0 Å². The van der Waals surface area contributed by atoms with E-state index in [1.54, 1.807) is 63.2 Å². The van der Waals surface area contributed by atoms with Gasteiger partial charge in [0.15, 0.2) is 5.75 Å². The highest BCUT2D eigenvalue weighted by molar-refractivity contribution is 7.87. The Hall–Kier alpha value is -2.18. The van der Waals surface area contributed by atoms with E-state index in [4.69, 9.17) is 8.92 Å². The van der Waals surface area contributed by atoms with Crippen molar-refractivity contribution < 1.29 is 22.1 Å². The lowest BCUT2D eigenvalue weighted by molar-refractivity contribution is 0.0729. The Balaban J connectivity index is 2.33. The molecule has 0 unspecified atom stereocenters. The first-order valence-corrected chi connectivity index (χ1v) is 8.42. The lowest BCUT2D eigenvalue weighted by atomic mass is 10.2. The first kappa shape index (κ1) is 17.2. The van der Waals surface area contributed by atoms with Gasteiger partial charge in [-0.2, -0.15) is 8.42 Å². The zero-order valence-corrected chi connectivity index (χ0v) is 14.0. The van der Waals surface area contributed by atoms with Crippen molar-refractivity contribution in [1.82, 2.24) is 0 Å². The van der Waals surface area contributed by atoms with Crippen LogP contribution in [0.5, 0.6) is 5.75 Å². The molecule has 23 heavy (non-hydrogen) atoms. The minimum atomic E-state index is -4.05. The third-order valence-corrected chi connectivity index (χ3v) is 4.29. The van der Waals surface area contributed by atoms with E-state index in [0.29, 0.717) is 5.56 Å². The van der Waals surface area contributed by atoms with Gasteiger partial charge in [0.1, 0.15) is 4.90 Å². The molecule has 0 saturated carbocycles. The molecule has 0 radical (unpaired) electrons. The zero-order valence-electron chi connectivity index (χ0n) is 13.1. The first-order valence-electron chi connectivity index (χ1n) is 7.01. The maximum absolute atomic E-state index is 12.4. The molecule has 0 fully saturated rings. The number of hydrogen-bond acceptors (Lipinski definition) is 5. The average molecular weight is 334 g/mol. The average Bonchev–Trinajstić information content (AvgIpc) is 2.46. The van der Waals surface area contributed by atoms with Crippen LogP contribution in [0.1, 0.15) is 31.1 Å². The molecule has 0 saturated heterocycles. The fourth-order valence-electron chi connectivity index (χ4n) is 1.85. The Morgan fingerprint density at radius 1 is 0.913 bits per heavy atom. The second-order valence-corrected chi connectivity index (χ2v) is 7.37. The monoisotopic (exact) mass is 334 g/mol. The Morgan fingerprint density at radius 2 is 1.48 bits per heavy atom. The van der Waals surface area contributed by atoms with Gasteiger partial charge in [0, 0.05) is 0 Å². The molecular formula is C17H18O5S. The van der Waals surface area contributed by atoms with Crippen LogP contribution < -0.4 is 4.74 Å². The lowest BCUT2D eigenvalue weighted by Crippen LogP contribution is -2.24. The Bertz CT molecular complexity index is 789. The summed E-state index contributed by atoms with van der Waals surface area (Å²) in [5, 5.41) is 0. The highest BCUT2D eigenvalue weighted by atomic mass is 32.2. The third kappa shape index (κ3) is 4.64. The molecule has 0 aliphatic rings. The molecule has 0 spiro atoms. The van der Waals surface area contributed by atoms with Crippen LogP contribution in [0, 0.1) is 0 Å². The van der Waals surface area contributed by atoms with E-state index >= 15 is 0 Å². The van der Waals surface area contributed by atoms with Crippen molar-refractivity contribution in [3.05, 3.63) is 60.2 Å². The minimum absolute atomic E-state index is 0.0643. The van der Waals surface area contributed by atoms with Gasteiger partial charge >= 0.3 is 16.1 Å². The molecule has 0 N–H and O–H groups in total. The van der Waals surface area contributed by atoms with Crippen LogP contribution in [-0.2, 0) is 14.3 Å². The van der Waals surface area contributed by atoms with Gasteiger partial charge in [-0.3, -0.25) is 4.18 Å². The van der Waals surface area contributed by atoms with E-state index in [0.717, 1.165) is 0 Å². The molecule has 0 aromatic heterocycles. The maximum Gasteiger partial charge on any atom is 0.343 e. The number of rotatable bonds is 4. The summed E-state index contributed by atoms with van der Waals surface area (Å²) in [6.45, 7) is 4.88. The molecular weight excluding hydrogens is 316 g/mol. The molecule has 0 amide bonds. The molecule has 0 bridgehead atoms. The zero-order chi connectivity index (χ0) is 17.1. The van der Waals surface area contributed by atoms with Crippen LogP contribution >= 0.6 is 0 Å². The number of benzene rings is 2. The lowest BCUT2D eigenvalue weighted by Gasteiger charge is -2.19. The van der Waals surface area contributed by atoms with Crippen LogP contribution in [0.2, 0.25) is 0 Å². The summed E-state index contributed by atoms with van der Waals surface area (Å²) in [5.41, 5.74) is -0.563. The highest BCUT2D eigenvalue weighted by Gasteiger charge is 2.27. The van der Waals surface area contributed by atoms with Gasteiger partial charge in [-0.05, 0) is 45.0 Å². The standard InChI is InChI=1S/C17H18O5S/c1-17(2,3)22-23(19,20)15-12-8-7-11-14(15)21-16(18)13-9-5-4-6-10-13/h4-12H,1-3H3. The highest BCUT2D eigenvalue weighted by Crippen LogP contribution is 2.28. The van der Waals surface area contributed by atoms with E-state index < -0.39 is 21.7 Å². The van der Waals surface area contributed by atoms with Crippen LogP contribution in [0.25, 0.3) is 0 Å². The predicted octanol–water partition coefficient (Wildman–Crippen LogP) is 3.41. The van der Waals surface area contributed by atoms with Crippen molar-refractivity contribution in [3.63, 3.8) is 0 Å². The van der Waals surface area contributed by atoms with E-state index in [-0.39, 0.29) is 10.6 Å². The molecule has 0 atom stereocenters. The SMILES string of the molecule is CC(C)(C)OS(=O)(=O)c1ccccc1OC(=O)c1ccccc1. The number of ether oxygens (including phenoxy) is 1. The Labute approximate surface area is 136 Å². The van der Waals surface area contributed by atoms with Crippen LogP contribution in [0.3, 0.4) is 0 Å². The van der Waals surface area contributed by atoms with Gasteiger partial charge in [-0.25, -0.2) is 4.79 Å². The molecule has 6 heteroatoms. The van der Waals surface area contributed by atoms with E-state index in [9.17, 15) is 13.2 Å². The summed E-state index contributed by atoms with van der Waals surface area (Å²) in [4.78, 5) is 11.9. The summed E-state index contributed by atoms with van der Waals surface area (Å²) >= 11 is 0. The van der Waals surface area contributed by atoms with Gasteiger partial charge in [0.2, 0.25) is 0 Å². The second-order valence-electron chi connectivity index (χ2n) is 5.85. The fourth-order valence-corrected chi connectivity index (χ4v) is 3.20. The molecule has 122 valence electrons. The van der Waals surface area contributed by atoms with E-state index in [2.05, 4.69) is 0 Å². The van der Waals surface area contributed by atoms with Crippen molar-refractivity contribution in [1.29, 1.82) is 0 Å². The number of esters is 1. The normalized spacial score (nSPS) is 12.0. The summed E-state index contributed by atoms with van der Waals surface area (Å²) < 4.78 is 35.1. The van der Waals surface area contributed by atoms with Crippen molar-refractivity contribution in [3.8, 4) is 5.75 Å². The minimum Gasteiger partial charge on any atom is -0.421 e. The summed E-state index contributed by atoms with van der Waals surface area (Å²) in [6, 6.07) is 14.2. The number of hydrogen-bond donors (Lipinski definition) is 0. The quantitative estimate of drug-likeness (QED) is 0.487. The van der Waals surface area contributed by atoms with Crippen LogP contribution in [0.15, 0.2) is 59.5 Å². The smallest absolute Gasteiger partial charge is 0.343 e. The topological polar surface area (TPSA) is 69.7 Å². The third-order valence-electron chi connectivity index (χ3n) is 2.69. The van der Waals surface area contributed by atoms with E-state index in [1.165, 1.54) is 12.1 Å². The van der Waals surface area contributed by atoms with Crippen LogP contribution in [0.4, 0.5) is 0 Å². The van der Waals surface area contributed by atoms with Gasteiger partial charge < -0.3 is 4.74 Å². The van der Waals surface area contributed by atoms with E-state index in [1.807, 2.05) is 0 Å².